The number of hydrogen-bond donors (Lipinski definition) is 1. The zero-order valence-corrected chi connectivity index (χ0v) is 15.1. The lowest BCUT2D eigenvalue weighted by Crippen LogP contribution is -2.57. The molecule has 5 nitrogen and oxygen atoms in total. The maximum atomic E-state index is 13.4. The summed E-state index contributed by atoms with van der Waals surface area (Å²) >= 11 is 0. The first-order chi connectivity index (χ1) is 12.1. The third kappa shape index (κ3) is 4.35. The van der Waals surface area contributed by atoms with Gasteiger partial charge >= 0.3 is 6.18 Å². The van der Waals surface area contributed by atoms with Gasteiger partial charge < -0.3 is 9.84 Å². The molecule has 0 unspecified atom stereocenters. The van der Waals surface area contributed by atoms with Crippen LogP contribution in [0, 0.1) is 13.8 Å². The van der Waals surface area contributed by atoms with Crippen molar-refractivity contribution in [1.82, 2.24) is 5.01 Å². The maximum Gasteiger partial charge on any atom is 0.438 e. The molecule has 0 spiro atoms. The topological polar surface area (TPSA) is 62.1 Å². The Bertz CT molecular complexity index is 683. The summed E-state index contributed by atoms with van der Waals surface area (Å²) in [4.78, 5) is 12.3. The largest absolute Gasteiger partial charge is 0.484 e. The lowest BCUT2D eigenvalue weighted by atomic mass is 10.0. The standard InChI is InChI=1S/C18H23F3N2O3/c1-4-5-6-14-10-17(25,18(19,20)21)23(22-14)16(24)11-26-15-8-12(2)7-13(3)9-15/h7-9,25H,4-6,10-11H2,1-3H3/t17-/m0/s1. The van der Waals surface area contributed by atoms with Crippen LogP contribution in [0.15, 0.2) is 23.3 Å². The first-order valence-electron chi connectivity index (χ1n) is 8.46. The molecule has 1 amide bonds. The van der Waals surface area contributed by atoms with Crippen molar-refractivity contribution >= 4 is 11.6 Å². The molecule has 1 aliphatic heterocycles. The Morgan fingerprint density at radius 1 is 1.31 bits per heavy atom. The summed E-state index contributed by atoms with van der Waals surface area (Å²) in [7, 11) is 0. The Balaban J connectivity index is 2.15. The number of nitrogens with zero attached hydrogens (tertiary/aromatic N) is 2. The number of amides is 1. The van der Waals surface area contributed by atoms with Crippen LogP contribution in [0.4, 0.5) is 13.2 Å². The molecule has 0 bridgehead atoms. The van der Waals surface area contributed by atoms with Crippen molar-refractivity contribution in [3.63, 3.8) is 0 Å². The monoisotopic (exact) mass is 372 g/mol. The van der Waals surface area contributed by atoms with Gasteiger partial charge in [0.2, 0.25) is 0 Å². The van der Waals surface area contributed by atoms with Crippen molar-refractivity contribution in [2.45, 2.75) is 58.4 Å². The van der Waals surface area contributed by atoms with Crippen molar-refractivity contribution in [3.05, 3.63) is 29.3 Å². The molecule has 144 valence electrons. The number of halogens is 3. The molecule has 0 saturated heterocycles. The second-order valence-corrected chi connectivity index (χ2v) is 6.58. The zero-order valence-electron chi connectivity index (χ0n) is 15.1. The van der Waals surface area contributed by atoms with E-state index in [1.807, 2.05) is 26.8 Å². The van der Waals surface area contributed by atoms with Crippen LogP contribution in [0.5, 0.6) is 5.75 Å². The Morgan fingerprint density at radius 3 is 2.46 bits per heavy atom. The minimum Gasteiger partial charge on any atom is -0.484 e. The van der Waals surface area contributed by atoms with Crippen LogP contribution in [-0.2, 0) is 4.79 Å². The first kappa shape index (κ1) is 20.2. The second kappa shape index (κ2) is 7.65. The van der Waals surface area contributed by atoms with Crippen molar-refractivity contribution in [1.29, 1.82) is 0 Å². The highest BCUT2D eigenvalue weighted by Gasteiger charge is 2.63. The van der Waals surface area contributed by atoms with E-state index in [1.54, 1.807) is 12.1 Å². The van der Waals surface area contributed by atoms with Gasteiger partial charge in [-0.25, -0.2) is 0 Å². The van der Waals surface area contributed by atoms with E-state index in [0.29, 0.717) is 18.6 Å². The Hall–Kier alpha value is -2.09. The van der Waals surface area contributed by atoms with E-state index in [0.717, 1.165) is 17.5 Å². The average molecular weight is 372 g/mol. The van der Waals surface area contributed by atoms with Gasteiger partial charge in [0.15, 0.2) is 6.61 Å². The molecule has 1 aromatic carbocycles. The predicted octanol–water partition coefficient (Wildman–Crippen LogP) is 3.71. The number of aliphatic hydroxyl groups is 1. The number of hydrazone groups is 1. The fraction of sp³-hybridized carbons (Fsp3) is 0.556. The SMILES string of the molecule is CCCCC1=NN(C(=O)COc2cc(C)cc(C)c2)[C@@](O)(C(F)(F)F)C1. The van der Waals surface area contributed by atoms with Crippen molar-refractivity contribution in [2.75, 3.05) is 6.61 Å². The summed E-state index contributed by atoms with van der Waals surface area (Å²) in [6.45, 7) is 4.93. The fourth-order valence-corrected chi connectivity index (χ4v) is 2.84. The quantitative estimate of drug-likeness (QED) is 0.828. The van der Waals surface area contributed by atoms with Crippen LogP contribution in [-0.4, -0.2) is 40.2 Å². The molecule has 1 atom stereocenters. The summed E-state index contributed by atoms with van der Waals surface area (Å²) in [6, 6.07) is 5.26. The lowest BCUT2D eigenvalue weighted by Gasteiger charge is -2.32. The third-order valence-corrected chi connectivity index (χ3v) is 4.11. The van der Waals surface area contributed by atoms with E-state index in [9.17, 15) is 23.1 Å². The molecule has 0 fully saturated rings. The van der Waals surface area contributed by atoms with Crippen molar-refractivity contribution < 1.29 is 27.8 Å². The highest BCUT2D eigenvalue weighted by Crippen LogP contribution is 2.41. The number of rotatable bonds is 6. The van der Waals surface area contributed by atoms with E-state index in [-0.39, 0.29) is 10.7 Å². The van der Waals surface area contributed by atoms with E-state index >= 15 is 0 Å². The third-order valence-electron chi connectivity index (χ3n) is 4.11. The zero-order chi connectivity index (χ0) is 19.5. The van der Waals surface area contributed by atoms with Crippen molar-refractivity contribution in [2.24, 2.45) is 5.10 Å². The molecule has 1 aliphatic rings. The van der Waals surface area contributed by atoms with Gasteiger partial charge in [0, 0.05) is 12.1 Å². The molecule has 0 radical (unpaired) electrons. The molecule has 1 N–H and O–H groups in total. The molecular formula is C18H23F3N2O3. The first-order valence-corrected chi connectivity index (χ1v) is 8.46. The number of alkyl halides is 3. The van der Waals surface area contributed by atoms with Crippen LogP contribution in [0.25, 0.3) is 0 Å². The molecule has 2 rings (SSSR count). The van der Waals surface area contributed by atoms with E-state index in [2.05, 4.69) is 5.10 Å². The lowest BCUT2D eigenvalue weighted by molar-refractivity contribution is -0.302. The highest BCUT2D eigenvalue weighted by atomic mass is 19.4. The number of benzene rings is 1. The Labute approximate surface area is 150 Å². The van der Waals surface area contributed by atoms with Crippen molar-refractivity contribution in [3.8, 4) is 5.75 Å². The van der Waals surface area contributed by atoms with Gasteiger partial charge in [0.25, 0.3) is 11.6 Å². The molecular weight excluding hydrogens is 349 g/mol. The predicted molar refractivity (Wildman–Crippen MR) is 90.8 cm³/mol. The number of carbonyl (C=O) groups is 1. The summed E-state index contributed by atoms with van der Waals surface area (Å²) in [5.41, 5.74) is -1.36. The number of aryl methyl sites for hydroxylation is 2. The summed E-state index contributed by atoms with van der Waals surface area (Å²) in [5.74, 6) is -0.670. The smallest absolute Gasteiger partial charge is 0.438 e. The number of carbonyl (C=O) groups excluding carboxylic acids is 1. The number of ether oxygens (including phenoxy) is 1. The highest BCUT2D eigenvalue weighted by molar-refractivity contribution is 5.91. The molecule has 26 heavy (non-hydrogen) atoms. The minimum absolute atomic E-state index is 0.126. The number of unbranched alkanes of at least 4 members (excludes halogenated alkanes) is 1. The summed E-state index contributed by atoms with van der Waals surface area (Å²) in [5, 5.41) is 14.0. The fourth-order valence-electron chi connectivity index (χ4n) is 2.84. The molecule has 8 heteroatoms. The van der Waals surface area contributed by atoms with Crippen LogP contribution >= 0.6 is 0 Å². The maximum absolute atomic E-state index is 13.4. The van der Waals surface area contributed by atoms with Gasteiger partial charge in [-0.15, -0.1) is 0 Å². The van der Waals surface area contributed by atoms with Gasteiger partial charge in [-0.2, -0.15) is 23.3 Å². The van der Waals surface area contributed by atoms with Crippen LogP contribution in [0.2, 0.25) is 0 Å². The molecule has 0 saturated carbocycles. The molecule has 1 aromatic rings. The summed E-state index contributed by atoms with van der Waals surface area (Å²) < 4.78 is 45.4. The van der Waals surface area contributed by atoms with Gasteiger partial charge in [0.05, 0.1) is 0 Å². The van der Waals surface area contributed by atoms with E-state index < -0.39 is 30.8 Å². The molecule has 0 aliphatic carbocycles. The van der Waals surface area contributed by atoms with E-state index in [1.165, 1.54) is 0 Å². The van der Waals surface area contributed by atoms with Gasteiger partial charge in [-0.3, -0.25) is 4.79 Å². The normalized spacial score (nSPS) is 20.3. The molecule has 0 aromatic heterocycles. The minimum atomic E-state index is -5.01. The Morgan fingerprint density at radius 2 is 1.92 bits per heavy atom. The van der Waals surface area contributed by atoms with E-state index in [4.69, 9.17) is 4.74 Å². The van der Waals surface area contributed by atoms with Crippen LogP contribution in [0.3, 0.4) is 0 Å². The van der Waals surface area contributed by atoms with Gasteiger partial charge in [0.1, 0.15) is 5.75 Å². The van der Waals surface area contributed by atoms with Gasteiger partial charge in [-0.1, -0.05) is 19.4 Å². The Kier molecular flexibility index (Phi) is 5.95. The molecule has 1 heterocycles. The second-order valence-electron chi connectivity index (χ2n) is 6.58. The average Bonchev–Trinajstić information content (AvgIpc) is 2.88. The van der Waals surface area contributed by atoms with Crippen LogP contribution in [0.1, 0.15) is 43.7 Å². The summed E-state index contributed by atoms with van der Waals surface area (Å²) in [6.07, 6.45) is -4.04. The number of hydrogen-bond acceptors (Lipinski definition) is 4. The van der Waals surface area contributed by atoms with Crippen LogP contribution < -0.4 is 4.74 Å². The van der Waals surface area contributed by atoms with Gasteiger partial charge in [-0.05, 0) is 49.9 Å².